The first-order chi connectivity index (χ1) is 10.6. The highest BCUT2D eigenvalue weighted by molar-refractivity contribution is 9.11. The summed E-state index contributed by atoms with van der Waals surface area (Å²) in [7, 11) is 0. The monoisotopic (exact) mass is 364 g/mol. The van der Waals surface area contributed by atoms with E-state index in [0.717, 1.165) is 17.4 Å². The first-order valence-corrected chi connectivity index (χ1v) is 8.01. The van der Waals surface area contributed by atoms with Crippen molar-refractivity contribution in [1.82, 2.24) is 19.1 Å². The Morgan fingerprint density at radius 3 is 2.95 bits per heavy atom. The molecule has 1 amide bonds. The molecule has 1 aliphatic rings. The van der Waals surface area contributed by atoms with Crippen molar-refractivity contribution in [3.8, 4) is 0 Å². The Bertz CT molecular complexity index is 805. The van der Waals surface area contributed by atoms with Crippen LogP contribution >= 0.6 is 15.9 Å². The molecule has 2 aromatic rings. The first kappa shape index (κ1) is 15.0. The van der Waals surface area contributed by atoms with E-state index in [1.165, 1.54) is 14.7 Å². The number of aryl methyl sites for hydroxylation is 1. The van der Waals surface area contributed by atoms with Crippen LogP contribution in [0.4, 0.5) is 0 Å². The minimum atomic E-state index is -0.209. The summed E-state index contributed by atoms with van der Waals surface area (Å²) in [6, 6.07) is 5.39. The van der Waals surface area contributed by atoms with E-state index in [0.29, 0.717) is 18.7 Å². The van der Waals surface area contributed by atoms with Gasteiger partial charge in [-0.25, -0.2) is 9.48 Å². The molecule has 0 aromatic carbocycles. The highest BCUT2D eigenvalue weighted by Gasteiger charge is 2.20. The van der Waals surface area contributed by atoms with Crippen LogP contribution < -0.4 is 5.69 Å². The lowest BCUT2D eigenvalue weighted by Crippen LogP contribution is -2.37. The number of halogens is 1. The summed E-state index contributed by atoms with van der Waals surface area (Å²) in [6.07, 6.45) is 2.85. The number of pyridine rings is 1. The molecule has 1 aliphatic heterocycles. The topological polar surface area (TPSA) is 59.6 Å². The molecule has 0 fully saturated rings. The zero-order valence-electron chi connectivity index (χ0n) is 12.3. The van der Waals surface area contributed by atoms with Crippen LogP contribution in [-0.2, 0) is 11.3 Å². The quantitative estimate of drug-likeness (QED) is 0.833. The van der Waals surface area contributed by atoms with Gasteiger partial charge in [-0.05, 0) is 25.5 Å². The molecule has 0 saturated carbocycles. The maximum absolute atomic E-state index is 12.3. The van der Waals surface area contributed by atoms with Crippen LogP contribution in [0.3, 0.4) is 0 Å². The Hall–Kier alpha value is -1.89. The first-order valence-electron chi connectivity index (χ1n) is 7.22. The van der Waals surface area contributed by atoms with Crippen molar-refractivity contribution in [2.45, 2.75) is 26.3 Å². The van der Waals surface area contributed by atoms with Crippen LogP contribution in [0.5, 0.6) is 0 Å². The summed E-state index contributed by atoms with van der Waals surface area (Å²) in [5.41, 5.74) is 1.68. The largest absolute Gasteiger partial charge is 0.350 e. The van der Waals surface area contributed by atoms with E-state index in [9.17, 15) is 9.59 Å². The molecule has 0 N–H and O–H groups in total. The predicted octanol–water partition coefficient (Wildman–Crippen LogP) is 1.79. The lowest BCUT2D eigenvalue weighted by Gasteiger charge is -2.27. The van der Waals surface area contributed by atoms with Crippen LogP contribution in [0, 0.1) is 0 Å². The predicted molar refractivity (Wildman–Crippen MR) is 86.9 cm³/mol. The van der Waals surface area contributed by atoms with Gasteiger partial charge in [-0.2, -0.15) is 0 Å². The molecule has 6 nitrogen and oxygen atoms in total. The summed E-state index contributed by atoms with van der Waals surface area (Å²) in [4.78, 5) is 26.2. The number of fused-ring (bicyclic) bond motifs is 1. The van der Waals surface area contributed by atoms with Gasteiger partial charge in [0.2, 0.25) is 5.91 Å². The van der Waals surface area contributed by atoms with E-state index in [2.05, 4.69) is 28.0 Å². The Morgan fingerprint density at radius 2 is 2.23 bits per heavy atom. The van der Waals surface area contributed by atoms with Gasteiger partial charge >= 0.3 is 5.69 Å². The Labute approximate surface area is 136 Å². The molecule has 2 aromatic heterocycles. The van der Waals surface area contributed by atoms with Gasteiger partial charge in [0.05, 0.1) is 13.1 Å². The average Bonchev–Trinajstić information content (AvgIpc) is 2.84. The Balaban J connectivity index is 1.68. The molecule has 0 bridgehead atoms. The average molecular weight is 365 g/mol. The molecule has 116 valence electrons. The van der Waals surface area contributed by atoms with Crippen LogP contribution in [0.1, 0.15) is 19.8 Å². The Kier molecular flexibility index (Phi) is 4.15. The number of rotatable bonds is 3. The van der Waals surface area contributed by atoms with Crippen molar-refractivity contribution in [2.24, 2.45) is 0 Å². The summed E-state index contributed by atoms with van der Waals surface area (Å²) < 4.78 is 3.92. The van der Waals surface area contributed by atoms with Gasteiger partial charge in [0.1, 0.15) is 0 Å². The van der Waals surface area contributed by atoms with E-state index in [-0.39, 0.29) is 18.0 Å². The fourth-order valence-corrected chi connectivity index (χ4v) is 3.01. The summed E-state index contributed by atoms with van der Waals surface area (Å²) in [5.74, 6) is 0.0495. The highest BCUT2D eigenvalue weighted by atomic mass is 79.9. The second-order valence-electron chi connectivity index (χ2n) is 5.44. The number of hydrogen-bond donors (Lipinski definition) is 0. The molecular formula is C15H17BrN4O2. The zero-order chi connectivity index (χ0) is 15.7. The van der Waals surface area contributed by atoms with E-state index in [1.54, 1.807) is 18.3 Å². The molecule has 7 heteroatoms. The van der Waals surface area contributed by atoms with Crippen LogP contribution in [-0.4, -0.2) is 38.1 Å². The minimum absolute atomic E-state index is 0.0495. The third-order valence-corrected chi connectivity index (χ3v) is 4.86. The molecule has 0 saturated heterocycles. The number of aromatic nitrogens is 3. The lowest BCUT2D eigenvalue weighted by atomic mass is 10.1. The number of hydrogen-bond acceptors (Lipinski definition) is 3. The zero-order valence-corrected chi connectivity index (χ0v) is 13.9. The fraction of sp³-hybridized carbons (Fsp3) is 0.400. The van der Waals surface area contributed by atoms with E-state index < -0.39 is 0 Å². The number of carbonyl (C=O) groups is 1. The molecule has 3 rings (SSSR count). The van der Waals surface area contributed by atoms with Crippen molar-refractivity contribution >= 4 is 27.5 Å². The maximum Gasteiger partial charge on any atom is 0.350 e. The lowest BCUT2D eigenvalue weighted by molar-refractivity contribution is -0.131. The standard InChI is InChI=1S/C15H17BrN4O2/c1-11-5-8-18(10-12(11)16)14(21)6-9-20-15(22)19-7-3-2-4-13(19)17-20/h2-4,7H,5-6,8-10H2,1H3. The normalized spacial score (nSPS) is 15.6. The third kappa shape index (κ3) is 2.85. The van der Waals surface area contributed by atoms with Gasteiger partial charge in [0.15, 0.2) is 5.65 Å². The van der Waals surface area contributed by atoms with E-state index in [4.69, 9.17) is 0 Å². The van der Waals surface area contributed by atoms with Crippen LogP contribution in [0.15, 0.2) is 39.2 Å². The smallest absolute Gasteiger partial charge is 0.337 e. The molecule has 0 spiro atoms. The van der Waals surface area contributed by atoms with E-state index >= 15 is 0 Å². The number of amides is 1. The van der Waals surface area contributed by atoms with Gasteiger partial charge in [0, 0.05) is 23.6 Å². The molecule has 0 radical (unpaired) electrons. The number of nitrogens with zero attached hydrogens (tertiary/aromatic N) is 4. The molecule has 22 heavy (non-hydrogen) atoms. The third-order valence-electron chi connectivity index (χ3n) is 3.93. The summed E-state index contributed by atoms with van der Waals surface area (Å²) in [6.45, 7) is 3.73. The Morgan fingerprint density at radius 1 is 1.41 bits per heavy atom. The highest BCUT2D eigenvalue weighted by Crippen LogP contribution is 2.22. The van der Waals surface area contributed by atoms with Crippen molar-refractivity contribution in [2.75, 3.05) is 13.1 Å². The molecule has 0 atom stereocenters. The summed E-state index contributed by atoms with van der Waals surface area (Å²) in [5, 5.41) is 4.23. The second-order valence-corrected chi connectivity index (χ2v) is 6.39. The SMILES string of the molecule is CC1=C(Br)CN(C(=O)CCn2nc3ccccn3c2=O)CC1. The van der Waals surface area contributed by atoms with Crippen molar-refractivity contribution < 1.29 is 4.79 Å². The van der Waals surface area contributed by atoms with Gasteiger partial charge in [-0.15, -0.1) is 5.10 Å². The maximum atomic E-state index is 12.3. The van der Waals surface area contributed by atoms with Gasteiger partial charge in [-0.3, -0.25) is 9.20 Å². The van der Waals surface area contributed by atoms with Crippen molar-refractivity contribution in [3.05, 3.63) is 44.9 Å². The molecule has 3 heterocycles. The van der Waals surface area contributed by atoms with Crippen LogP contribution in [0.25, 0.3) is 5.65 Å². The second kappa shape index (κ2) is 6.08. The van der Waals surface area contributed by atoms with Gasteiger partial charge < -0.3 is 4.90 Å². The molecular weight excluding hydrogens is 348 g/mol. The van der Waals surface area contributed by atoms with E-state index in [1.807, 2.05) is 11.0 Å². The number of carbonyl (C=O) groups excluding carboxylic acids is 1. The van der Waals surface area contributed by atoms with Gasteiger partial charge in [0.25, 0.3) is 0 Å². The molecule has 0 unspecified atom stereocenters. The van der Waals surface area contributed by atoms with Gasteiger partial charge in [-0.1, -0.05) is 27.6 Å². The minimum Gasteiger partial charge on any atom is -0.337 e. The summed E-state index contributed by atoms with van der Waals surface area (Å²) >= 11 is 3.51. The van der Waals surface area contributed by atoms with Crippen molar-refractivity contribution in [3.63, 3.8) is 0 Å². The van der Waals surface area contributed by atoms with Crippen LogP contribution in [0.2, 0.25) is 0 Å². The molecule has 0 aliphatic carbocycles. The fourth-order valence-electron chi connectivity index (χ4n) is 2.51. The van der Waals surface area contributed by atoms with Crippen molar-refractivity contribution in [1.29, 1.82) is 0 Å².